The van der Waals surface area contributed by atoms with Crippen LogP contribution >= 0.6 is 22.6 Å². The van der Waals surface area contributed by atoms with Crippen molar-refractivity contribution in [3.05, 3.63) is 68.9 Å². The summed E-state index contributed by atoms with van der Waals surface area (Å²) in [5.41, 5.74) is 1.81. The molecule has 0 saturated carbocycles. The Balaban J connectivity index is 1.69. The third-order valence-electron chi connectivity index (χ3n) is 4.06. The molecule has 3 rings (SSSR count). The molecule has 0 unspecified atom stereocenters. The van der Waals surface area contributed by atoms with Crippen molar-refractivity contribution in [2.75, 3.05) is 13.2 Å². The first kappa shape index (κ1) is 20.8. The average molecular weight is 506 g/mol. The Morgan fingerprint density at radius 2 is 1.93 bits per heavy atom. The number of imide groups is 1. The van der Waals surface area contributed by atoms with Gasteiger partial charge in [-0.25, -0.2) is 9.59 Å². The highest BCUT2D eigenvalue weighted by Gasteiger charge is 2.33. The van der Waals surface area contributed by atoms with Gasteiger partial charge in [0.15, 0.2) is 6.61 Å². The molecule has 150 valence electrons. The summed E-state index contributed by atoms with van der Waals surface area (Å²) in [6.45, 7) is 2.06. The Bertz CT molecular complexity index is 959. The molecule has 0 aliphatic carbocycles. The van der Waals surface area contributed by atoms with E-state index < -0.39 is 12.0 Å². The average Bonchev–Trinajstić information content (AvgIpc) is 2.96. The number of carbonyl (C=O) groups is 3. The smallest absolute Gasteiger partial charge is 0.344 e. The minimum Gasteiger partial charge on any atom is -0.481 e. The van der Waals surface area contributed by atoms with E-state index in [1.165, 1.54) is 4.90 Å². The van der Waals surface area contributed by atoms with E-state index in [9.17, 15) is 14.4 Å². The van der Waals surface area contributed by atoms with Crippen molar-refractivity contribution in [3.63, 3.8) is 0 Å². The molecule has 7 nitrogen and oxygen atoms in total. The number of ether oxygens (including phenoxy) is 2. The fourth-order valence-corrected chi connectivity index (χ4v) is 3.41. The Morgan fingerprint density at radius 3 is 2.62 bits per heavy atom. The Morgan fingerprint density at radius 1 is 1.17 bits per heavy atom. The molecule has 8 heteroatoms. The number of hydrogen-bond acceptors (Lipinski definition) is 5. The quantitative estimate of drug-likeness (QED) is 0.270. The maximum atomic E-state index is 12.6. The van der Waals surface area contributed by atoms with Crippen molar-refractivity contribution in [1.82, 2.24) is 10.2 Å². The van der Waals surface area contributed by atoms with Crippen LogP contribution in [0.2, 0.25) is 0 Å². The van der Waals surface area contributed by atoms with Gasteiger partial charge in [0.25, 0.3) is 5.91 Å². The van der Waals surface area contributed by atoms with Crippen LogP contribution in [-0.4, -0.2) is 36.0 Å². The lowest BCUT2D eigenvalue weighted by Gasteiger charge is -2.11. The van der Waals surface area contributed by atoms with Crippen LogP contribution in [0.4, 0.5) is 4.79 Å². The monoisotopic (exact) mass is 506 g/mol. The van der Waals surface area contributed by atoms with E-state index in [0.717, 1.165) is 14.7 Å². The van der Waals surface area contributed by atoms with Crippen molar-refractivity contribution in [2.24, 2.45) is 0 Å². The van der Waals surface area contributed by atoms with Gasteiger partial charge < -0.3 is 14.8 Å². The highest BCUT2D eigenvalue weighted by atomic mass is 127. The molecular weight excluding hydrogens is 487 g/mol. The van der Waals surface area contributed by atoms with E-state index in [2.05, 4.69) is 27.9 Å². The molecule has 0 aromatic heterocycles. The zero-order valence-electron chi connectivity index (χ0n) is 15.7. The topological polar surface area (TPSA) is 84.9 Å². The molecule has 1 saturated heterocycles. The summed E-state index contributed by atoms with van der Waals surface area (Å²) < 4.78 is 11.0. The van der Waals surface area contributed by atoms with Crippen LogP contribution in [-0.2, 0) is 20.9 Å². The summed E-state index contributed by atoms with van der Waals surface area (Å²) in [5.74, 6) is -0.281. The number of esters is 1. The van der Waals surface area contributed by atoms with Gasteiger partial charge in [-0.05, 0) is 58.9 Å². The molecule has 1 heterocycles. The molecule has 0 radical (unpaired) electrons. The largest absolute Gasteiger partial charge is 0.481 e. The summed E-state index contributed by atoms with van der Waals surface area (Å²) in [6.07, 6.45) is 1.61. The van der Waals surface area contributed by atoms with Crippen LogP contribution in [0.5, 0.6) is 5.75 Å². The van der Waals surface area contributed by atoms with Crippen LogP contribution in [0.15, 0.2) is 54.2 Å². The first-order chi connectivity index (χ1) is 14.0. The van der Waals surface area contributed by atoms with Gasteiger partial charge in [-0.3, -0.25) is 9.69 Å². The van der Waals surface area contributed by atoms with Gasteiger partial charge in [0, 0.05) is 0 Å². The van der Waals surface area contributed by atoms with Crippen LogP contribution in [0.25, 0.3) is 6.08 Å². The zero-order valence-corrected chi connectivity index (χ0v) is 17.8. The van der Waals surface area contributed by atoms with Gasteiger partial charge in [-0.2, -0.15) is 0 Å². The molecule has 1 aliphatic rings. The maximum Gasteiger partial charge on any atom is 0.344 e. The Labute approximate surface area is 181 Å². The van der Waals surface area contributed by atoms with Gasteiger partial charge in [-0.15, -0.1) is 0 Å². The van der Waals surface area contributed by atoms with Gasteiger partial charge in [-0.1, -0.05) is 36.4 Å². The number of nitrogens with zero attached hydrogens (tertiary/aromatic N) is 1. The van der Waals surface area contributed by atoms with E-state index in [0.29, 0.717) is 12.4 Å². The van der Waals surface area contributed by atoms with E-state index in [-0.39, 0.29) is 24.8 Å². The van der Waals surface area contributed by atoms with E-state index in [1.54, 1.807) is 31.2 Å². The number of halogens is 1. The van der Waals surface area contributed by atoms with Crippen LogP contribution in [0.3, 0.4) is 0 Å². The SMILES string of the molecule is CCOC(=O)COc1ccc(/C=C2/NC(=O)N(Cc3ccccc3)C2=O)cc1I. The maximum absolute atomic E-state index is 12.6. The first-order valence-electron chi connectivity index (χ1n) is 8.94. The standard InChI is InChI=1S/C21H19IN2O5/c1-2-28-19(25)13-29-18-9-8-15(10-16(18)22)11-17-20(26)24(21(27)23-17)12-14-6-4-3-5-7-14/h3-11H,2,12-13H2,1H3,(H,23,27)/b17-11+. The Hall–Kier alpha value is -2.88. The number of hydrogen-bond donors (Lipinski definition) is 1. The van der Waals surface area contributed by atoms with E-state index >= 15 is 0 Å². The minimum absolute atomic E-state index is 0.173. The minimum atomic E-state index is -0.450. The lowest BCUT2D eigenvalue weighted by Crippen LogP contribution is -2.30. The molecule has 3 amide bonds. The van der Waals surface area contributed by atoms with Crippen LogP contribution in [0.1, 0.15) is 18.1 Å². The number of amides is 3. The predicted molar refractivity (Wildman–Crippen MR) is 115 cm³/mol. The third-order valence-corrected chi connectivity index (χ3v) is 4.91. The fourth-order valence-electron chi connectivity index (χ4n) is 2.71. The number of nitrogens with one attached hydrogen (secondary N) is 1. The molecule has 1 aliphatic heterocycles. The fraction of sp³-hybridized carbons (Fsp3) is 0.190. The molecule has 2 aromatic rings. The van der Waals surface area contributed by atoms with Crippen LogP contribution < -0.4 is 10.1 Å². The summed E-state index contributed by atoms with van der Waals surface area (Å²) in [7, 11) is 0. The lowest BCUT2D eigenvalue weighted by molar-refractivity contribution is -0.145. The van der Waals surface area contributed by atoms with Gasteiger partial charge in [0.05, 0.1) is 16.7 Å². The number of urea groups is 1. The lowest BCUT2D eigenvalue weighted by atomic mass is 10.1. The normalized spacial score (nSPS) is 14.8. The second kappa shape index (κ2) is 9.55. The number of benzene rings is 2. The molecule has 0 spiro atoms. The molecule has 1 N–H and O–H groups in total. The van der Waals surface area contributed by atoms with Crippen molar-refractivity contribution in [2.45, 2.75) is 13.5 Å². The molecule has 2 aromatic carbocycles. The first-order valence-corrected chi connectivity index (χ1v) is 10.0. The summed E-state index contributed by atoms with van der Waals surface area (Å²) >= 11 is 2.08. The van der Waals surface area contributed by atoms with Gasteiger partial charge in [0.1, 0.15) is 11.4 Å². The van der Waals surface area contributed by atoms with E-state index in [1.807, 2.05) is 30.3 Å². The number of rotatable bonds is 7. The molecule has 0 bridgehead atoms. The molecular formula is C21H19IN2O5. The summed E-state index contributed by atoms with van der Waals surface area (Å²) in [5, 5.41) is 2.61. The highest BCUT2D eigenvalue weighted by molar-refractivity contribution is 14.1. The van der Waals surface area contributed by atoms with Crippen LogP contribution in [0, 0.1) is 3.57 Å². The van der Waals surface area contributed by atoms with Gasteiger partial charge in [0.2, 0.25) is 0 Å². The van der Waals surface area contributed by atoms with Crippen molar-refractivity contribution < 1.29 is 23.9 Å². The second-order valence-electron chi connectivity index (χ2n) is 6.15. The molecule has 1 fully saturated rings. The molecule has 0 atom stereocenters. The summed E-state index contributed by atoms with van der Waals surface area (Å²) in [4.78, 5) is 37.4. The van der Waals surface area contributed by atoms with Crippen molar-refractivity contribution in [1.29, 1.82) is 0 Å². The Kier molecular flexibility index (Phi) is 6.86. The van der Waals surface area contributed by atoms with Crippen molar-refractivity contribution in [3.8, 4) is 5.75 Å². The molecule has 29 heavy (non-hydrogen) atoms. The van der Waals surface area contributed by atoms with Gasteiger partial charge >= 0.3 is 12.0 Å². The van der Waals surface area contributed by atoms with Crippen molar-refractivity contribution >= 4 is 46.6 Å². The predicted octanol–water partition coefficient (Wildman–Crippen LogP) is 3.33. The second-order valence-corrected chi connectivity index (χ2v) is 7.31. The summed E-state index contributed by atoms with van der Waals surface area (Å²) in [6, 6.07) is 14.1. The highest BCUT2D eigenvalue weighted by Crippen LogP contribution is 2.24. The third kappa shape index (κ3) is 5.35. The van der Waals surface area contributed by atoms with E-state index in [4.69, 9.17) is 9.47 Å². The number of carbonyl (C=O) groups excluding carboxylic acids is 3. The zero-order chi connectivity index (χ0) is 20.8.